The summed E-state index contributed by atoms with van der Waals surface area (Å²) in [7, 11) is 0. The number of hydrogen-bond donors (Lipinski definition) is 1. The molecule has 0 saturated carbocycles. The molecule has 20 heavy (non-hydrogen) atoms. The predicted octanol–water partition coefficient (Wildman–Crippen LogP) is 3.32. The number of rotatable bonds is 3. The molecule has 104 valence electrons. The van der Waals surface area contributed by atoms with Crippen molar-refractivity contribution in [1.29, 1.82) is 0 Å². The van der Waals surface area contributed by atoms with Crippen LogP contribution in [0.15, 0.2) is 35.8 Å². The van der Waals surface area contributed by atoms with Crippen molar-refractivity contribution in [3.8, 4) is 10.6 Å². The number of benzene rings is 1. The van der Waals surface area contributed by atoms with E-state index in [1.165, 1.54) is 43.7 Å². The van der Waals surface area contributed by atoms with E-state index in [1.54, 1.807) is 11.3 Å². The molecule has 0 aliphatic carbocycles. The van der Waals surface area contributed by atoms with E-state index in [2.05, 4.69) is 39.5 Å². The Morgan fingerprint density at radius 2 is 1.95 bits per heavy atom. The second kappa shape index (κ2) is 5.19. The average molecular weight is 285 g/mol. The summed E-state index contributed by atoms with van der Waals surface area (Å²) < 4.78 is 0. The van der Waals surface area contributed by atoms with Crippen LogP contribution in [0.4, 0.5) is 5.69 Å². The highest BCUT2D eigenvalue weighted by Gasteiger charge is 2.33. The van der Waals surface area contributed by atoms with E-state index >= 15 is 0 Å². The quantitative estimate of drug-likeness (QED) is 0.937. The van der Waals surface area contributed by atoms with Crippen LogP contribution in [0.5, 0.6) is 0 Å². The Balaban J connectivity index is 1.47. The second-order valence-electron chi connectivity index (χ2n) is 5.80. The lowest BCUT2D eigenvalue weighted by Gasteiger charge is -2.45. The Morgan fingerprint density at radius 1 is 1.15 bits per heavy atom. The van der Waals surface area contributed by atoms with Gasteiger partial charge in [-0.1, -0.05) is 0 Å². The Labute approximate surface area is 123 Å². The van der Waals surface area contributed by atoms with Gasteiger partial charge in [0.25, 0.3) is 0 Å². The van der Waals surface area contributed by atoms with Gasteiger partial charge in [0.2, 0.25) is 0 Å². The van der Waals surface area contributed by atoms with E-state index in [9.17, 15) is 0 Å². The molecule has 3 nitrogen and oxygen atoms in total. The summed E-state index contributed by atoms with van der Waals surface area (Å²) in [4.78, 5) is 6.94. The molecule has 4 heteroatoms. The Hall–Kier alpha value is -1.39. The molecule has 0 spiro atoms. The number of thiazole rings is 1. The highest BCUT2D eigenvalue weighted by molar-refractivity contribution is 7.13. The van der Waals surface area contributed by atoms with Crippen LogP contribution < -0.4 is 5.32 Å². The fourth-order valence-corrected chi connectivity index (χ4v) is 4.06. The number of aromatic nitrogens is 1. The zero-order valence-electron chi connectivity index (χ0n) is 11.5. The number of piperidine rings is 3. The third kappa shape index (κ3) is 2.34. The van der Waals surface area contributed by atoms with Crippen molar-refractivity contribution in [3.63, 3.8) is 0 Å². The van der Waals surface area contributed by atoms with Crippen LogP contribution >= 0.6 is 11.3 Å². The number of hydrogen-bond acceptors (Lipinski definition) is 4. The molecule has 3 aliphatic heterocycles. The lowest BCUT2D eigenvalue weighted by molar-refractivity contribution is 0.0975. The smallest absolute Gasteiger partial charge is 0.123 e. The molecule has 1 unspecified atom stereocenters. The minimum Gasteiger partial charge on any atom is -0.381 e. The minimum atomic E-state index is 0.628. The average Bonchev–Trinajstić information content (AvgIpc) is 3.04. The van der Waals surface area contributed by atoms with Crippen molar-refractivity contribution in [2.45, 2.75) is 18.9 Å². The van der Waals surface area contributed by atoms with Gasteiger partial charge in [-0.05, 0) is 56.1 Å². The van der Waals surface area contributed by atoms with Gasteiger partial charge >= 0.3 is 0 Å². The fourth-order valence-electron chi connectivity index (χ4n) is 3.42. The normalized spacial score (nSPS) is 28.5. The van der Waals surface area contributed by atoms with Gasteiger partial charge < -0.3 is 10.2 Å². The summed E-state index contributed by atoms with van der Waals surface area (Å²) in [6.45, 7) is 3.80. The lowest BCUT2D eigenvalue weighted by Crippen LogP contribution is -2.53. The minimum absolute atomic E-state index is 0.628. The van der Waals surface area contributed by atoms with Crippen molar-refractivity contribution in [3.05, 3.63) is 35.8 Å². The van der Waals surface area contributed by atoms with Gasteiger partial charge in [0.15, 0.2) is 0 Å². The first-order chi connectivity index (χ1) is 9.88. The van der Waals surface area contributed by atoms with Gasteiger partial charge in [-0.2, -0.15) is 0 Å². The summed E-state index contributed by atoms with van der Waals surface area (Å²) in [5.74, 6) is 0.860. The molecule has 1 aromatic carbocycles. The van der Waals surface area contributed by atoms with Gasteiger partial charge in [0.1, 0.15) is 5.01 Å². The van der Waals surface area contributed by atoms with Crippen molar-refractivity contribution in [1.82, 2.24) is 9.88 Å². The highest BCUT2D eigenvalue weighted by Crippen LogP contribution is 2.30. The van der Waals surface area contributed by atoms with E-state index in [0.717, 1.165) is 10.9 Å². The zero-order valence-corrected chi connectivity index (χ0v) is 12.3. The predicted molar refractivity (Wildman–Crippen MR) is 84.1 cm³/mol. The standard InChI is InChI=1S/C16H19N3S/c1-3-14(4-2-13(1)16-17-7-10-20-16)18-15-11-19-8-5-12(15)6-9-19/h1-4,7,10,12,15,18H,5-6,8-9,11H2. The van der Waals surface area contributed by atoms with Crippen LogP contribution in [-0.4, -0.2) is 35.6 Å². The lowest BCUT2D eigenvalue weighted by atomic mass is 9.84. The third-order valence-electron chi connectivity index (χ3n) is 4.57. The number of anilines is 1. The molecule has 3 saturated heterocycles. The molecule has 1 N–H and O–H groups in total. The van der Waals surface area contributed by atoms with Gasteiger partial charge in [-0.15, -0.1) is 11.3 Å². The monoisotopic (exact) mass is 285 g/mol. The maximum absolute atomic E-state index is 4.35. The molecule has 5 rings (SSSR count). The molecule has 4 heterocycles. The van der Waals surface area contributed by atoms with Crippen molar-refractivity contribution in [2.24, 2.45) is 5.92 Å². The second-order valence-corrected chi connectivity index (χ2v) is 6.70. The van der Waals surface area contributed by atoms with Crippen LogP contribution in [-0.2, 0) is 0 Å². The van der Waals surface area contributed by atoms with Gasteiger partial charge in [-0.3, -0.25) is 0 Å². The summed E-state index contributed by atoms with van der Waals surface area (Å²) in [6, 6.07) is 9.34. The van der Waals surface area contributed by atoms with Gasteiger partial charge in [0.05, 0.1) is 0 Å². The first-order valence-corrected chi connectivity index (χ1v) is 8.25. The van der Waals surface area contributed by atoms with Crippen molar-refractivity contribution < 1.29 is 0 Å². The van der Waals surface area contributed by atoms with E-state index in [4.69, 9.17) is 0 Å². The van der Waals surface area contributed by atoms with E-state index in [1.807, 2.05) is 11.6 Å². The van der Waals surface area contributed by atoms with Gasteiger partial charge in [0, 0.05) is 35.4 Å². The van der Waals surface area contributed by atoms with E-state index in [0.29, 0.717) is 6.04 Å². The molecule has 2 aromatic rings. The zero-order chi connectivity index (χ0) is 13.4. The van der Waals surface area contributed by atoms with E-state index in [-0.39, 0.29) is 0 Å². The molecule has 3 fully saturated rings. The van der Waals surface area contributed by atoms with Crippen LogP contribution in [0.2, 0.25) is 0 Å². The number of nitrogens with zero attached hydrogens (tertiary/aromatic N) is 2. The fraction of sp³-hybridized carbons (Fsp3) is 0.438. The van der Waals surface area contributed by atoms with Crippen LogP contribution in [0.1, 0.15) is 12.8 Å². The molecule has 3 aliphatic rings. The molecule has 1 aromatic heterocycles. The molecular weight excluding hydrogens is 266 g/mol. The summed E-state index contributed by atoms with van der Waals surface area (Å²) in [5, 5.41) is 6.85. The SMILES string of the molecule is c1csc(-c2ccc(NC3CN4CCC3CC4)cc2)n1. The summed E-state index contributed by atoms with van der Waals surface area (Å²) in [5.41, 5.74) is 2.45. The molecule has 1 atom stereocenters. The van der Waals surface area contributed by atoms with E-state index < -0.39 is 0 Å². The maximum atomic E-state index is 4.35. The molecular formula is C16H19N3S. The van der Waals surface area contributed by atoms with Gasteiger partial charge in [-0.25, -0.2) is 4.98 Å². The highest BCUT2D eigenvalue weighted by atomic mass is 32.1. The first kappa shape index (κ1) is 12.4. The summed E-state index contributed by atoms with van der Waals surface area (Å²) >= 11 is 1.69. The third-order valence-corrected chi connectivity index (χ3v) is 5.39. The largest absolute Gasteiger partial charge is 0.381 e. The van der Waals surface area contributed by atoms with Crippen LogP contribution in [0.3, 0.4) is 0 Å². The topological polar surface area (TPSA) is 28.2 Å². The molecule has 2 bridgehead atoms. The summed E-state index contributed by atoms with van der Waals surface area (Å²) in [6.07, 6.45) is 4.57. The first-order valence-electron chi connectivity index (χ1n) is 7.37. The van der Waals surface area contributed by atoms with Crippen molar-refractivity contribution in [2.75, 3.05) is 25.0 Å². The Morgan fingerprint density at radius 3 is 2.55 bits per heavy atom. The van der Waals surface area contributed by atoms with Crippen LogP contribution in [0, 0.1) is 5.92 Å². The van der Waals surface area contributed by atoms with Crippen LogP contribution in [0.25, 0.3) is 10.6 Å². The Kier molecular flexibility index (Phi) is 3.20. The maximum Gasteiger partial charge on any atom is 0.123 e. The number of fused-ring (bicyclic) bond motifs is 3. The van der Waals surface area contributed by atoms with Crippen molar-refractivity contribution >= 4 is 17.0 Å². The number of nitrogens with one attached hydrogen (secondary N) is 1. The Bertz CT molecular complexity index is 556. The molecule has 0 radical (unpaired) electrons. The molecule has 0 amide bonds.